The molecule has 1 heterocycles. The highest BCUT2D eigenvalue weighted by Crippen LogP contribution is 2.20. The third-order valence-corrected chi connectivity index (χ3v) is 4.15. The Bertz CT molecular complexity index is 667. The number of cyclic esters (lactones) is 1. The molecule has 4 atom stereocenters. The van der Waals surface area contributed by atoms with Gasteiger partial charge >= 0.3 is 11.9 Å². The third kappa shape index (κ3) is 8.19. The monoisotopic (exact) mass is 374 g/mol. The molecule has 0 spiro atoms. The van der Waals surface area contributed by atoms with Crippen LogP contribution >= 0.6 is 0 Å². The molecule has 2 N–H and O–H groups in total. The largest absolute Gasteiger partial charge is 0.462 e. The lowest BCUT2D eigenvalue weighted by Gasteiger charge is -2.26. The molecule has 1 aliphatic rings. The van der Waals surface area contributed by atoms with Crippen LogP contribution < -0.4 is 0 Å². The van der Waals surface area contributed by atoms with Crippen molar-refractivity contribution in [3.8, 4) is 0 Å². The fourth-order valence-electron chi connectivity index (χ4n) is 2.98. The summed E-state index contributed by atoms with van der Waals surface area (Å²) in [6.45, 7) is 1.30. The summed E-state index contributed by atoms with van der Waals surface area (Å²) >= 11 is 0. The maximum atomic E-state index is 11.3. The van der Waals surface area contributed by atoms with Crippen LogP contribution in [0, 0.1) is 0 Å². The molecule has 0 fully saturated rings. The van der Waals surface area contributed by atoms with Crippen LogP contribution in [0.15, 0.2) is 48.6 Å². The Morgan fingerprint density at radius 1 is 1.30 bits per heavy atom. The van der Waals surface area contributed by atoms with Gasteiger partial charge in [0.05, 0.1) is 12.2 Å². The van der Waals surface area contributed by atoms with Crippen molar-refractivity contribution in [1.82, 2.24) is 0 Å². The first kappa shape index (κ1) is 20.9. The number of esters is 2. The van der Waals surface area contributed by atoms with Crippen LogP contribution in [0.3, 0.4) is 0 Å². The Labute approximate surface area is 159 Å². The number of hydrogen-bond donors (Lipinski definition) is 2. The van der Waals surface area contributed by atoms with Crippen LogP contribution in [-0.2, 0) is 19.1 Å². The van der Waals surface area contributed by atoms with Crippen molar-refractivity contribution in [1.29, 1.82) is 0 Å². The zero-order valence-corrected chi connectivity index (χ0v) is 15.4. The van der Waals surface area contributed by atoms with Gasteiger partial charge < -0.3 is 19.7 Å². The lowest BCUT2D eigenvalue weighted by Crippen LogP contribution is -2.31. The smallest absolute Gasteiger partial charge is 0.330 e. The number of rotatable bonds is 9. The van der Waals surface area contributed by atoms with E-state index < -0.39 is 30.3 Å². The number of ether oxygens (including phenoxy) is 2. The summed E-state index contributed by atoms with van der Waals surface area (Å²) in [5, 5.41) is 20.4. The van der Waals surface area contributed by atoms with Gasteiger partial charge in [0, 0.05) is 38.7 Å². The quantitative estimate of drug-likeness (QED) is 0.645. The topological polar surface area (TPSA) is 93.1 Å². The zero-order chi connectivity index (χ0) is 19.6. The van der Waals surface area contributed by atoms with E-state index in [9.17, 15) is 19.8 Å². The number of benzene rings is 1. The maximum Gasteiger partial charge on any atom is 0.330 e. The summed E-state index contributed by atoms with van der Waals surface area (Å²) in [7, 11) is 0. The normalized spacial score (nSPS) is 20.1. The molecule has 1 aromatic rings. The number of aliphatic hydroxyl groups excluding tert-OH is 2. The van der Waals surface area contributed by atoms with Gasteiger partial charge in [0.2, 0.25) is 0 Å². The zero-order valence-electron chi connectivity index (χ0n) is 15.4. The van der Waals surface area contributed by atoms with Gasteiger partial charge in [0.25, 0.3) is 0 Å². The van der Waals surface area contributed by atoms with Gasteiger partial charge in [0.1, 0.15) is 12.2 Å². The van der Waals surface area contributed by atoms with Crippen molar-refractivity contribution >= 4 is 18.0 Å². The van der Waals surface area contributed by atoms with Crippen molar-refractivity contribution < 1.29 is 29.3 Å². The molecule has 0 radical (unpaired) electrons. The average molecular weight is 374 g/mol. The van der Waals surface area contributed by atoms with Gasteiger partial charge in [-0.1, -0.05) is 48.6 Å². The minimum absolute atomic E-state index is 0.117. The third-order valence-electron chi connectivity index (χ3n) is 4.15. The molecule has 0 unspecified atom stereocenters. The fourth-order valence-corrected chi connectivity index (χ4v) is 2.98. The number of hydrogen-bond acceptors (Lipinski definition) is 6. The summed E-state index contributed by atoms with van der Waals surface area (Å²) in [6, 6.07) is 9.54. The van der Waals surface area contributed by atoms with Crippen LogP contribution in [0.2, 0.25) is 0 Å². The van der Waals surface area contributed by atoms with E-state index in [2.05, 4.69) is 0 Å². The first-order chi connectivity index (χ1) is 12.9. The highest BCUT2D eigenvalue weighted by molar-refractivity contribution is 5.82. The molecule has 6 heteroatoms. The van der Waals surface area contributed by atoms with E-state index in [1.807, 2.05) is 30.3 Å². The molecule has 6 nitrogen and oxygen atoms in total. The summed E-state index contributed by atoms with van der Waals surface area (Å²) in [5.74, 6) is -0.885. The molecule has 1 aromatic carbocycles. The number of aliphatic hydroxyl groups is 2. The molecule has 2 rings (SSSR count). The maximum absolute atomic E-state index is 11.3. The molecule has 0 saturated carbocycles. The van der Waals surface area contributed by atoms with E-state index in [4.69, 9.17) is 9.47 Å². The van der Waals surface area contributed by atoms with Gasteiger partial charge in [-0.25, -0.2) is 4.79 Å². The van der Waals surface area contributed by atoms with Crippen LogP contribution in [0.1, 0.15) is 38.2 Å². The van der Waals surface area contributed by atoms with Crippen molar-refractivity contribution in [2.75, 3.05) is 0 Å². The second-order valence-corrected chi connectivity index (χ2v) is 6.63. The molecule has 0 saturated heterocycles. The predicted molar refractivity (Wildman–Crippen MR) is 101 cm³/mol. The Kier molecular flexibility index (Phi) is 8.23. The Balaban J connectivity index is 1.85. The van der Waals surface area contributed by atoms with Gasteiger partial charge in [-0.05, 0) is 5.56 Å². The summed E-state index contributed by atoms with van der Waals surface area (Å²) in [6.07, 6.45) is 4.95. The van der Waals surface area contributed by atoms with Crippen LogP contribution in [-0.4, -0.2) is 46.6 Å². The highest BCUT2D eigenvalue weighted by atomic mass is 16.6. The van der Waals surface area contributed by atoms with Gasteiger partial charge in [-0.15, -0.1) is 0 Å². The molecule has 0 aromatic heterocycles. The Morgan fingerprint density at radius 3 is 2.70 bits per heavy atom. The molecular formula is C21H26O6. The van der Waals surface area contributed by atoms with Gasteiger partial charge in [-0.2, -0.15) is 0 Å². The van der Waals surface area contributed by atoms with E-state index in [1.165, 1.54) is 13.0 Å². The first-order valence-corrected chi connectivity index (χ1v) is 9.06. The highest BCUT2D eigenvalue weighted by Gasteiger charge is 2.25. The lowest BCUT2D eigenvalue weighted by atomic mass is 9.99. The number of carbonyl (C=O) groups is 2. The second-order valence-electron chi connectivity index (χ2n) is 6.63. The SMILES string of the molecule is CC(=O)O[C@H](C[C@@H](O)C[C@H](O)/C=C/c1ccccc1)C[C@H]1CC=CC(=O)O1. The van der Waals surface area contributed by atoms with E-state index in [-0.39, 0.29) is 18.9 Å². The van der Waals surface area contributed by atoms with Crippen LogP contribution in [0.4, 0.5) is 0 Å². The van der Waals surface area contributed by atoms with Gasteiger partial charge in [0.15, 0.2) is 0 Å². The summed E-state index contributed by atoms with van der Waals surface area (Å²) < 4.78 is 10.4. The molecule has 0 amide bonds. The molecule has 0 aliphatic carbocycles. The molecule has 146 valence electrons. The van der Waals surface area contributed by atoms with Crippen LogP contribution in [0.25, 0.3) is 6.08 Å². The molecule has 1 aliphatic heterocycles. The lowest BCUT2D eigenvalue weighted by molar-refractivity contribution is -0.153. The van der Waals surface area contributed by atoms with Crippen molar-refractivity contribution in [2.45, 2.75) is 57.0 Å². The van der Waals surface area contributed by atoms with E-state index >= 15 is 0 Å². The van der Waals surface area contributed by atoms with E-state index in [0.29, 0.717) is 12.8 Å². The minimum atomic E-state index is -0.861. The number of carbonyl (C=O) groups excluding carboxylic acids is 2. The minimum Gasteiger partial charge on any atom is -0.462 e. The summed E-state index contributed by atoms with van der Waals surface area (Å²) in [5.41, 5.74) is 0.955. The van der Waals surface area contributed by atoms with E-state index in [1.54, 1.807) is 18.2 Å². The molecule has 0 bridgehead atoms. The van der Waals surface area contributed by atoms with Crippen molar-refractivity contribution in [3.63, 3.8) is 0 Å². The van der Waals surface area contributed by atoms with E-state index in [0.717, 1.165) is 5.56 Å². The van der Waals surface area contributed by atoms with Crippen LogP contribution in [0.5, 0.6) is 0 Å². The predicted octanol–water partition coefficient (Wildman–Crippen LogP) is 2.40. The molecular weight excluding hydrogens is 348 g/mol. The van der Waals surface area contributed by atoms with Gasteiger partial charge in [-0.3, -0.25) is 4.79 Å². The standard InChI is InChI=1S/C21H26O6/c1-15(22)26-20(14-19-8-5-9-21(25)27-19)13-18(24)12-17(23)11-10-16-6-3-2-4-7-16/h2-7,9-11,17-20,23-24H,8,12-14H2,1H3/b11-10+/t17-,18+,19-,20-/m1/s1. The Hall–Kier alpha value is -2.44. The first-order valence-electron chi connectivity index (χ1n) is 9.06. The average Bonchev–Trinajstić information content (AvgIpc) is 2.60. The second kappa shape index (κ2) is 10.6. The molecule has 27 heavy (non-hydrogen) atoms. The van der Waals surface area contributed by atoms with Crippen molar-refractivity contribution in [3.05, 3.63) is 54.1 Å². The summed E-state index contributed by atoms with van der Waals surface area (Å²) in [4.78, 5) is 22.7. The fraction of sp³-hybridized carbons (Fsp3) is 0.429. The van der Waals surface area contributed by atoms with Crippen molar-refractivity contribution in [2.24, 2.45) is 0 Å². The Morgan fingerprint density at radius 2 is 2.04 bits per heavy atom.